The highest BCUT2D eigenvalue weighted by atomic mass is 32.2. The van der Waals surface area contributed by atoms with Gasteiger partial charge < -0.3 is 19.7 Å². The van der Waals surface area contributed by atoms with Gasteiger partial charge in [0.15, 0.2) is 0 Å². The Bertz CT molecular complexity index is 1060. The molecule has 2 rings (SSSR count). The summed E-state index contributed by atoms with van der Waals surface area (Å²) in [5.74, 6) is 0.325. The van der Waals surface area contributed by atoms with Gasteiger partial charge in [0.1, 0.15) is 24.1 Å². The Hall–Kier alpha value is -3.27. The van der Waals surface area contributed by atoms with E-state index in [4.69, 9.17) is 9.47 Å². The number of hydrogen-bond acceptors (Lipinski definition) is 6. The lowest BCUT2D eigenvalue weighted by Crippen LogP contribution is -2.51. The van der Waals surface area contributed by atoms with Crippen molar-refractivity contribution in [3.63, 3.8) is 0 Å². The van der Waals surface area contributed by atoms with Crippen molar-refractivity contribution in [2.75, 3.05) is 37.9 Å². The highest BCUT2D eigenvalue weighted by Crippen LogP contribution is 2.22. The summed E-state index contributed by atoms with van der Waals surface area (Å²) < 4.78 is 36.4. The standard InChI is InChI=1S/C23H31N3O6S/c1-6-24-23(28)17(2)25(15-18-8-7-9-21(14-18)32-4)22(27)16-26(33(5,29)30)19-10-12-20(31-3)13-11-19/h7-14,17H,6,15-16H2,1-5H3,(H,24,28). The minimum atomic E-state index is -3.78. The summed E-state index contributed by atoms with van der Waals surface area (Å²) in [6, 6.07) is 12.7. The van der Waals surface area contributed by atoms with E-state index in [1.807, 2.05) is 6.07 Å². The zero-order valence-electron chi connectivity index (χ0n) is 19.6. The lowest BCUT2D eigenvalue weighted by atomic mass is 10.1. The number of carbonyl (C=O) groups excluding carboxylic acids is 2. The van der Waals surface area contributed by atoms with Crippen molar-refractivity contribution in [3.8, 4) is 11.5 Å². The average Bonchev–Trinajstić information content (AvgIpc) is 2.80. The van der Waals surface area contributed by atoms with E-state index in [2.05, 4.69) is 5.32 Å². The van der Waals surface area contributed by atoms with Crippen LogP contribution in [0.1, 0.15) is 19.4 Å². The second kappa shape index (κ2) is 11.6. The Morgan fingerprint density at radius 2 is 1.67 bits per heavy atom. The average molecular weight is 478 g/mol. The Balaban J connectivity index is 2.38. The molecule has 2 aromatic carbocycles. The summed E-state index contributed by atoms with van der Waals surface area (Å²) >= 11 is 0. The van der Waals surface area contributed by atoms with Gasteiger partial charge in [-0.05, 0) is 55.8 Å². The molecule has 0 saturated carbocycles. The van der Waals surface area contributed by atoms with Gasteiger partial charge in [-0.3, -0.25) is 13.9 Å². The monoisotopic (exact) mass is 477 g/mol. The molecule has 0 radical (unpaired) electrons. The summed E-state index contributed by atoms with van der Waals surface area (Å²) in [4.78, 5) is 27.3. The molecule has 10 heteroatoms. The molecule has 0 fully saturated rings. The molecule has 1 unspecified atom stereocenters. The third kappa shape index (κ3) is 7.11. The van der Waals surface area contributed by atoms with Crippen LogP contribution in [0.3, 0.4) is 0 Å². The molecule has 0 aliphatic heterocycles. The number of ether oxygens (including phenoxy) is 2. The number of amides is 2. The first-order chi connectivity index (χ1) is 15.6. The van der Waals surface area contributed by atoms with Crippen molar-refractivity contribution in [1.82, 2.24) is 10.2 Å². The van der Waals surface area contributed by atoms with E-state index in [0.29, 0.717) is 23.7 Å². The van der Waals surface area contributed by atoms with Gasteiger partial charge in [0.25, 0.3) is 0 Å². The van der Waals surface area contributed by atoms with Gasteiger partial charge in [0.05, 0.1) is 26.2 Å². The molecule has 1 atom stereocenters. The lowest BCUT2D eigenvalue weighted by Gasteiger charge is -2.31. The Labute approximate surface area is 195 Å². The molecule has 0 aliphatic rings. The maximum atomic E-state index is 13.4. The van der Waals surface area contributed by atoms with Crippen molar-refractivity contribution >= 4 is 27.5 Å². The maximum absolute atomic E-state index is 13.4. The fourth-order valence-corrected chi connectivity index (χ4v) is 4.08. The molecular formula is C23H31N3O6S. The molecule has 0 saturated heterocycles. The van der Waals surface area contributed by atoms with Crippen LogP contribution in [0, 0.1) is 0 Å². The first-order valence-corrected chi connectivity index (χ1v) is 12.3. The van der Waals surface area contributed by atoms with Gasteiger partial charge in [0, 0.05) is 13.1 Å². The fourth-order valence-electron chi connectivity index (χ4n) is 3.23. The Morgan fingerprint density at radius 3 is 2.21 bits per heavy atom. The van der Waals surface area contributed by atoms with Crippen molar-refractivity contribution in [1.29, 1.82) is 0 Å². The van der Waals surface area contributed by atoms with E-state index in [9.17, 15) is 18.0 Å². The molecule has 0 spiro atoms. The number of benzene rings is 2. The fraction of sp³-hybridized carbons (Fsp3) is 0.391. The van der Waals surface area contributed by atoms with Gasteiger partial charge in [-0.15, -0.1) is 0 Å². The van der Waals surface area contributed by atoms with Crippen molar-refractivity contribution in [2.45, 2.75) is 26.4 Å². The zero-order chi connectivity index (χ0) is 24.6. The number of sulfonamides is 1. The van der Waals surface area contributed by atoms with Crippen LogP contribution >= 0.6 is 0 Å². The number of nitrogens with one attached hydrogen (secondary N) is 1. The molecule has 33 heavy (non-hydrogen) atoms. The largest absolute Gasteiger partial charge is 0.497 e. The SMILES string of the molecule is CCNC(=O)C(C)N(Cc1cccc(OC)c1)C(=O)CN(c1ccc(OC)cc1)S(C)(=O)=O. The van der Waals surface area contributed by atoms with Gasteiger partial charge in [-0.25, -0.2) is 8.42 Å². The van der Waals surface area contributed by atoms with Crippen LogP contribution in [0.2, 0.25) is 0 Å². The maximum Gasteiger partial charge on any atom is 0.244 e. The zero-order valence-corrected chi connectivity index (χ0v) is 20.4. The van der Waals surface area contributed by atoms with Crippen LogP contribution in [0.25, 0.3) is 0 Å². The smallest absolute Gasteiger partial charge is 0.244 e. The van der Waals surface area contributed by atoms with Crippen LogP contribution in [-0.4, -0.2) is 64.7 Å². The molecule has 180 valence electrons. The van der Waals surface area contributed by atoms with Crippen LogP contribution < -0.4 is 19.1 Å². The van der Waals surface area contributed by atoms with Gasteiger partial charge in [0.2, 0.25) is 21.8 Å². The van der Waals surface area contributed by atoms with E-state index in [1.165, 1.54) is 19.1 Å². The second-order valence-corrected chi connectivity index (χ2v) is 9.32. The predicted octanol–water partition coefficient (Wildman–Crippen LogP) is 2.02. The van der Waals surface area contributed by atoms with E-state index in [0.717, 1.165) is 16.1 Å². The molecule has 0 aromatic heterocycles. The highest BCUT2D eigenvalue weighted by Gasteiger charge is 2.30. The quantitative estimate of drug-likeness (QED) is 0.531. The number of hydrogen-bond donors (Lipinski definition) is 1. The molecule has 0 heterocycles. The molecule has 2 amide bonds. The third-order valence-corrected chi connectivity index (χ3v) is 6.19. The summed E-state index contributed by atoms with van der Waals surface area (Å²) in [5, 5.41) is 2.71. The van der Waals surface area contributed by atoms with Crippen molar-refractivity contribution in [2.24, 2.45) is 0 Å². The van der Waals surface area contributed by atoms with E-state index >= 15 is 0 Å². The number of nitrogens with zero attached hydrogens (tertiary/aromatic N) is 2. The van der Waals surface area contributed by atoms with E-state index in [-0.39, 0.29) is 12.5 Å². The topological polar surface area (TPSA) is 105 Å². The summed E-state index contributed by atoms with van der Waals surface area (Å²) in [7, 11) is -0.735. The number of carbonyl (C=O) groups is 2. The number of methoxy groups -OCH3 is 2. The summed E-state index contributed by atoms with van der Waals surface area (Å²) in [5.41, 5.74) is 1.06. The minimum Gasteiger partial charge on any atom is -0.497 e. The van der Waals surface area contributed by atoms with Crippen LogP contribution in [-0.2, 0) is 26.2 Å². The predicted molar refractivity (Wildman–Crippen MR) is 127 cm³/mol. The first-order valence-electron chi connectivity index (χ1n) is 10.4. The van der Waals surface area contributed by atoms with Gasteiger partial charge >= 0.3 is 0 Å². The number of anilines is 1. The van der Waals surface area contributed by atoms with E-state index in [1.54, 1.807) is 56.3 Å². The lowest BCUT2D eigenvalue weighted by molar-refractivity contribution is -0.139. The molecule has 2 aromatic rings. The summed E-state index contributed by atoms with van der Waals surface area (Å²) in [6.45, 7) is 3.45. The molecule has 9 nitrogen and oxygen atoms in total. The third-order valence-electron chi connectivity index (χ3n) is 5.04. The highest BCUT2D eigenvalue weighted by molar-refractivity contribution is 7.92. The first kappa shape index (κ1) is 26.0. The molecule has 0 aliphatic carbocycles. The number of rotatable bonds is 11. The summed E-state index contributed by atoms with van der Waals surface area (Å²) in [6.07, 6.45) is 1.03. The Kier molecular flexibility index (Phi) is 9.10. The van der Waals surface area contributed by atoms with Gasteiger partial charge in [-0.2, -0.15) is 0 Å². The molecular weight excluding hydrogens is 446 g/mol. The van der Waals surface area contributed by atoms with Crippen LogP contribution in [0.15, 0.2) is 48.5 Å². The van der Waals surface area contributed by atoms with Gasteiger partial charge in [-0.1, -0.05) is 12.1 Å². The normalized spacial score (nSPS) is 11.9. The van der Waals surface area contributed by atoms with E-state index < -0.39 is 28.5 Å². The second-order valence-electron chi connectivity index (χ2n) is 7.41. The van der Waals surface area contributed by atoms with Crippen LogP contribution in [0.5, 0.6) is 11.5 Å². The Morgan fingerprint density at radius 1 is 1.03 bits per heavy atom. The number of likely N-dealkylation sites (N-methyl/N-ethyl adjacent to an activating group) is 1. The molecule has 0 bridgehead atoms. The van der Waals surface area contributed by atoms with Crippen molar-refractivity contribution < 1.29 is 27.5 Å². The van der Waals surface area contributed by atoms with Crippen LogP contribution in [0.4, 0.5) is 5.69 Å². The van der Waals surface area contributed by atoms with Crippen molar-refractivity contribution in [3.05, 3.63) is 54.1 Å². The molecule has 1 N–H and O–H groups in total. The minimum absolute atomic E-state index is 0.106.